The number of carbonyl (C=O) groups is 2. The molecule has 0 atom stereocenters. The molecule has 1 amide bonds. The topological polar surface area (TPSA) is 79.3 Å². The Morgan fingerprint density at radius 2 is 2.00 bits per heavy atom. The summed E-state index contributed by atoms with van der Waals surface area (Å²) in [5.74, 6) is -1.13. The Morgan fingerprint density at radius 3 is 2.58 bits per heavy atom. The molecule has 0 fully saturated rings. The number of carboxylic acid groups (broad SMARTS) is 1. The van der Waals surface area contributed by atoms with Gasteiger partial charge in [-0.15, -0.1) is 11.3 Å². The van der Waals surface area contributed by atoms with Gasteiger partial charge in [0.2, 0.25) is 0 Å². The standard InChI is InChI=1S/C13H12N2O3S/c16-12(11-7-19-8-15-11)14-6-5-9-1-3-10(4-2-9)13(17)18/h1-4,7-8H,5-6H2,(H,14,16)(H,17,18). The Hall–Kier alpha value is -2.21. The zero-order chi connectivity index (χ0) is 13.7. The van der Waals surface area contributed by atoms with Crippen LogP contribution < -0.4 is 5.32 Å². The normalized spacial score (nSPS) is 10.1. The van der Waals surface area contributed by atoms with Gasteiger partial charge in [0.1, 0.15) is 5.69 Å². The van der Waals surface area contributed by atoms with Crippen molar-refractivity contribution in [2.45, 2.75) is 6.42 Å². The number of benzene rings is 1. The van der Waals surface area contributed by atoms with E-state index in [4.69, 9.17) is 5.11 Å². The summed E-state index contributed by atoms with van der Waals surface area (Å²) in [7, 11) is 0. The number of carboxylic acids is 1. The molecule has 0 radical (unpaired) electrons. The van der Waals surface area contributed by atoms with Gasteiger partial charge in [-0.3, -0.25) is 4.79 Å². The van der Waals surface area contributed by atoms with Crippen LogP contribution in [0.1, 0.15) is 26.4 Å². The third kappa shape index (κ3) is 3.62. The molecule has 6 heteroatoms. The summed E-state index contributed by atoms with van der Waals surface area (Å²) in [6.07, 6.45) is 0.649. The molecular formula is C13H12N2O3S. The van der Waals surface area contributed by atoms with E-state index in [9.17, 15) is 9.59 Å². The number of aromatic carboxylic acids is 1. The van der Waals surface area contributed by atoms with Gasteiger partial charge in [0, 0.05) is 11.9 Å². The number of hydrogen-bond donors (Lipinski definition) is 2. The SMILES string of the molecule is O=C(O)c1ccc(CCNC(=O)c2cscn2)cc1. The van der Waals surface area contributed by atoms with Crippen LogP contribution in [0, 0.1) is 0 Å². The summed E-state index contributed by atoms with van der Waals surface area (Å²) in [6.45, 7) is 0.489. The molecular weight excluding hydrogens is 264 g/mol. The maximum atomic E-state index is 11.6. The minimum absolute atomic E-state index is 0.191. The number of thiazole rings is 1. The molecule has 0 spiro atoms. The van der Waals surface area contributed by atoms with Crippen molar-refractivity contribution in [1.29, 1.82) is 0 Å². The van der Waals surface area contributed by atoms with E-state index in [1.165, 1.54) is 11.3 Å². The van der Waals surface area contributed by atoms with Gasteiger partial charge < -0.3 is 10.4 Å². The second-order valence-corrected chi connectivity index (χ2v) is 4.60. The largest absolute Gasteiger partial charge is 0.478 e. The van der Waals surface area contributed by atoms with Gasteiger partial charge >= 0.3 is 5.97 Å². The molecule has 1 aromatic carbocycles. The van der Waals surface area contributed by atoms with Crippen LogP contribution >= 0.6 is 11.3 Å². The number of nitrogens with one attached hydrogen (secondary N) is 1. The highest BCUT2D eigenvalue weighted by Gasteiger charge is 2.06. The molecule has 5 nitrogen and oxygen atoms in total. The van der Waals surface area contributed by atoms with Crippen LogP contribution in [0.25, 0.3) is 0 Å². The maximum absolute atomic E-state index is 11.6. The molecule has 2 aromatic rings. The molecule has 0 saturated carbocycles. The Bertz CT molecular complexity index is 564. The number of rotatable bonds is 5. The van der Waals surface area contributed by atoms with E-state index in [-0.39, 0.29) is 11.5 Å². The van der Waals surface area contributed by atoms with Crippen LogP contribution in [0.2, 0.25) is 0 Å². The van der Waals surface area contributed by atoms with Crippen LogP contribution in [0.4, 0.5) is 0 Å². The van der Waals surface area contributed by atoms with Crippen molar-refractivity contribution in [2.24, 2.45) is 0 Å². The van der Waals surface area contributed by atoms with E-state index in [1.54, 1.807) is 35.2 Å². The van der Waals surface area contributed by atoms with E-state index in [0.29, 0.717) is 18.7 Å². The lowest BCUT2D eigenvalue weighted by atomic mass is 10.1. The fourth-order valence-corrected chi connectivity index (χ4v) is 2.08. The lowest BCUT2D eigenvalue weighted by Gasteiger charge is -2.04. The van der Waals surface area contributed by atoms with Crippen molar-refractivity contribution in [3.8, 4) is 0 Å². The third-order valence-electron chi connectivity index (χ3n) is 2.57. The van der Waals surface area contributed by atoms with Crippen molar-refractivity contribution in [3.05, 3.63) is 52.0 Å². The van der Waals surface area contributed by atoms with E-state index in [0.717, 1.165) is 5.56 Å². The molecule has 0 unspecified atom stereocenters. The Balaban J connectivity index is 1.82. The molecule has 0 bridgehead atoms. The van der Waals surface area contributed by atoms with Gasteiger partial charge in [-0.1, -0.05) is 12.1 Å². The number of amides is 1. The first-order valence-corrected chi connectivity index (χ1v) is 6.60. The number of hydrogen-bond acceptors (Lipinski definition) is 4. The monoisotopic (exact) mass is 276 g/mol. The lowest BCUT2D eigenvalue weighted by Crippen LogP contribution is -2.25. The smallest absolute Gasteiger partial charge is 0.335 e. The van der Waals surface area contributed by atoms with Crippen LogP contribution in [-0.4, -0.2) is 28.5 Å². The summed E-state index contributed by atoms with van der Waals surface area (Å²) in [6, 6.07) is 6.61. The van der Waals surface area contributed by atoms with Gasteiger partial charge in [0.05, 0.1) is 11.1 Å². The molecule has 2 rings (SSSR count). The Morgan fingerprint density at radius 1 is 1.26 bits per heavy atom. The molecule has 19 heavy (non-hydrogen) atoms. The van der Waals surface area contributed by atoms with Crippen LogP contribution in [0.3, 0.4) is 0 Å². The molecule has 0 saturated heterocycles. The average molecular weight is 276 g/mol. The predicted octanol–water partition coefficient (Wildman–Crippen LogP) is 1.81. The van der Waals surface area contributed by atoms with Gasteiger partial charge in [0.15, 0.2) is 0 Å². The first-order valence-electron chi connectivity index (χ1n) is 5.65. The van der Waals surface area contributed by atoms with Crippen molar-refractivity contribution in [3.63, 3.8) is 0 Å². The summed E-state index contributed by atoms with van der Waals surface area (Å²) in [5.41, 5.74) is 3.27. The molecule has 98 valence electrons. The van der Waals surface area contributed by atoms with Gasteiger partial charge in [0.25, 0.3) is 5.91 Å². The van der Waals surface area contributed by atoms with Crippen molar-refractivity contribution < 1.29 is 14.7 Å². The quantitative estimate of drug-likeness (QED) is 0.873. The first kappa shape index (κ1) is 13.2. The molecule has 2 N–H and O–H groups in total. The van der Waals surface area contributed by atoms with Gasteiger partial charge in [-0.25, -0.2) is 9.78 Å². The van der Waals surface area contributed by atoms with E-state index >= 15 is 0 Å². The highest BCUT2D eigenvalue weighted by Crippen LogP contribution is 2.05. The van der Waals surface area contributed by atoms with E-state index in [2.05, 4.69) is 10.3 Å². The van der Waals surface area contributed by atoms with E-state index < -0.39 is 5.97 Å². The van der Waals surface area contributed by atoms with Gasteiger partial charge in [-0.05, 0) is 24.1 Å². The van der Waals surface area contributed by atoms with Crippen molar-refractivity contribution in [2.75, 3.05) is 6.54 Å². The van der Waals surface area contributed by atoms with Crippen LogP contribution in [0.15, 0.2) is 35.2 Å². The molecule has 0 aliphatic carbocycles. The zero-order valence-corrected chi connectivity index (χ0v) is 10.8. The number of carbonyl (C=O) groups excluding carboxylic acids is 1. The summed E-state index contributed by atoms with van der Waals surface area (Å²) in [5, 5.41) is 13.2. The van der Waals surface area contributed by atoms with Gasteiger partial charge in [-0.2, -0.15) is 0 Å². The van der Waals surface area contributed by atoms with Crippen LogP contribution in [0.5, 0.6) is 0 Å². The first-order chi connectivity index (χ1) is 9.16. The predicted molar refractivity (Wildman–Crippen MR) is 71.6 cm³/mol. The Kier molecular flexibility index (Phi) is 4.25. The second kappa shape index (κ2) is 6.10. The lowest BCUT2D eigenvalue weighted by molar-refractivity contribution is 0.0696. The van der Waals surface area contributed by atoms with Crippen molar-refractivity contribution >= 4 is 23.2 Å². The summed E-state index contributed by atoms with van der Waals surface area (Å²) < 4.78 is 0. The Labute approximate surface area is 113 Å². The minimum Gasteiger partial charge on any atom is -0.478 e. The summed E-state index contributed by atoms with van der Waals surface area (Å²) >= 11 is 1.37. The molecule has 0 aliphatic rings. The molecule has 1 aromatic heterocycles. The highest BCUT2D eigenvalue weighted by molar-refractivity contribution is 7.07. The zero-order valence-electron chi connectivity index (χ0n) is 10.00. The fourth-order valence-electron chi connectivity index (χ4n) is 1.55. The molecule has 1 heterocycles. The van der Waals surface area contributed by atoms with E-state index in [1.807, 2.05) is 0 Å². The second-order valence-electron chi connectivity index (χ2n) is 3.88. The van der Waals surface area contributed by atoms with Crippen molar-refractivity contribution in [1.82, 2.24) is 10.3 Å². The number of aromatic nitrogens is 1. The summed E-state index contributed by atoms with van der Waals surface area (Å²) in [4.78, 5) is 26.2. The molecule has 0 aliphatic heterocycles. The third-order valence-corrected chi connectivity index (χ3v) is 3.15. The minimum atomic E-state index is -0.941. The fraction of sp³-hybridized carbons (Fsp3) is 0.154. The average Bonchev–Trinajstić information content (AvgIpc) is 2.93. The number of nitrogens with zero attached hydrogens (tertiary/aromatic N) is 1. The maximum Gasteiger partial charge on any atom is 0.335 e. The highest BCUT2D eigenvalue weighted by atomic mass is 32.1. The van der Waals surface area contributed by atoms with Crippen LogP contribution in [-0.2, 0) is 6.42 Å².